The number of aliphatic carboxylic acids is 1. The number of carboxylic acid groups (broad SMARTS) is 1. The predicted octanol–water partition coefficient (Wildman–Crippen LogP) is 1.48. The van der Waals surface area contributed by atoms with E-state index in [1.165, 1.54) is 0 Å². The number of alkyl halides is 2. The van der Waals surface area contributed by atoms with Gasteiger partial charge in [-0.15, -0.1) is 23.2 Å². The molecule has 0 aliphatic heterocycles. The van der Waals surface area contributed by atoms with Crippen LogP contribution in [0.5, 0.6) is 0 Å². The minimum atomic E-state index is -0.841. The minimum absolute atomic E-state index is 0.291. The normalized spacial score (nSPS) is 17.8. The fraction of sp³-hybridized carbons (Fsp3) is 0.500. The molecule has 1 rings (SSSR count). The third kappa shape index (κ3) is 1.13. The molecule has 0 aromatic carbocycles. The lowest BCUT2D eigenvalue weighted by Crippen LogP contribution is -2.02. The van der Waals surface area contributed by atoms with Gasteiger partial charge in [-0.25, -0.2) is 0 Å². The van der Waals surface area contributed by atoms with Gasteiger partial charge in [-0.05, 0) is 11.1 Å². The molecule has 1 aliphatic rings. The molecule has 0 spiro atoms. The molecule has 0 saturated heterocycles. The van der Waals surface area contributed by atoms with Crippen LogP contribution >= 0.6 is 23.2 Å². The quantitative estimate of drug-likeness (QED) is 0.528. The lowest BCUT2D eigenvalue weighted by atomic mass is 10.3. The smallest absolute Gasteiger partial charge is 0.314 e. The Bertz CT molecular complexity index is 184. The van der Waals surface area contributed by atoms with Crippen molar-refractivity contribution in [2.75, 3.05) is 11.8 Å². The van der Waals surface area contributed by atoms with Gasteiger partial charge >= 0.3 is 5.97 Å². The lowest BCUT2D eigenvalue weighted by Gasteiger charge is -1.87. The first-order valence-electron chi connectivity index (χ1n) is 2.79. The van der Waals surface area contributed by atoms with Crippen LogP contribution in [0.3, 0.4) is 0 Å². The zero-order valence-electron chi connectivity index (χ0n) is 5.10. The van der Waals surface area contributed by atoms with Crippen molar-refractivity contribution in [3.63, 3.8) is 0 Å². The molecule has 0 bridgehead atoms. The third-order valence-electron chi connectivity index (χ3n) is 1.56. The van der Waals surface area contributed by atoms with Gasteiger partial charge in [0.2, 0.25) is 0 Å². The SMILES string of the molecule is O=C(O)C1C(CCl)=C1CCl. The van der Waals surface area contributed by atoms with Gasteiger partial charge in [0.15, 0.2) is 0 Å². The van der Waals surface area contributed by atoms with E-state index >= 15 is 0 Å². The molecule has 0 unspecified atom stereocenters. The summed E-state index contributed by atoms with van der Waals surface area (Å²) in [5.74, 6) is -0.709. The van der Waals surface area contributed by atoms with Gasteiger partial charge in [-0.1, -0.05) is 0 Å². The maximum atomic E-state index is 10.3. The molecular formula is C6H6Cl2O2. The van der Waals surface area contributed by atoms with E-state index in [0.717, 1.165) is 11.1 Å². The summed E-state index contributed by atoms with van der Waals surface area (Å²) >= 11 is 10.9. The number of carbonyl (C=O) groups is 1. The van der Waals surface area contributed by atoms with E-state index in [1.807, 2.05) is 0 Å². The molecule has 10 heavy (non-hydrogen) atoms. The Hall–Kier alpha value is -0.210. The molecule has 1 aliphatic carbocycles. The van der Waals surface area contributed by atoms with E-state index in [-0.39, 0.29) is 0 Å². The molecule has 0 fully saturated rings. The Kier molecular flexibility index (Phi) is 2.21. The Morgan fingerprint density at radius 2 is 1.80 bits per heavy atom. The molecule has 2 nitrogen and oxygen atoms in total. The second kappa shape index (κ2) is 2.81. The minimum Gasteiger partial charge on any atom is -0.481 e. The molecule has 0 amide bonds. The number of hydrogen-bond acceptors (Lipinski definition) is 1. The summed E-state index contributed by atoms with van der Waals surface area (Å²) in [5.41, 5.74) is 1.56. The van der Waals surface area contributed by atoms with Crippen LogP contribution in [0.25, 0.3) is 0 Å². The van der Waals surface area contributed by atoms with E-state index in [0.29, 0.717) is 11.8 Å². The molecular weight excluding hydrogens is 175 g/mol. The Balaban J connectivity index is 2.55. The van der Waals surface area contributed by atoms with Crippen LogP contribution in [0, 0.1) is 5.92 Å². The average Bonchev–Trinajstić information content (AvgIpc) is 2.60. The van der Waals surface area contributed by atoms with Gasteiger partial charge < -0.3 is 5.11 Å². The number of halogens is 2. The first-order valence-corrected chi connectivity index (χ1v) is 3.85. The lowest BCUT2D eigenvalue weighted by molar-refractivity contribution is -0.138. The van der Waals surface area contributed by atoms with Gasteiger partial charge in [0.25, 0.3) is 0 Å². The fourth-order valence-electron chi connectivity index (χ4n) is 0.942. The Labute approximate surface area is 68.4 Å². The van der Waals surface area contributed by atoms with E-state index in [4.69, 9.17) is 28.3 Å². The number of carboxylic acids is 1. The zero-order valence-corrected chi connectivity index (χ0v) is 6.61. The van der Waals surface area contributed by atoms with Crippen molar-refractivity contribution in [3.8, 4) is 0 Å². The molecule has 0 atom stereocenters. The highest BCUT2D eigenvalue weighted by molar-refractivity contribution is 6.23. The highest BCUT2D eigenvalue weighted by Gasteiger charge is 2.40. The maximum absolute atomic E-state index is 10.3. The van der Waals surface area contributed by atoms with Crippen molar-refractivity contribution in [1.29, 1.82) is 0 Å². The highest BCUT2D eigenvalue weighted by Crippen LogP contribution is 2.40. The molecule has 0 radical (unpaired) electrons. The Morgan fingerprint density at radius 1 is 1.40 bits per heavy atom. The molecule has 0 aromatic heterocycles. The Morgan fingerprint density at radius 3 is 1.90 bits per heavy atom. The summed E-state index contributed by atoms with van der Waals surface area (Å²) in [6.07, 6.45) is 0. The van der Waals surface area contributed by atoms with Gasteiger partial charge in [-0.3, -0.25) is 4.79 Å². The second-order valence-corrected chi connectivity index (χ2v) is 2.62. The standard InChI is InChI=1S/C6H6Cl2O2/c7-1-3-4(2-8)5(3)6(9)10/h5H,1-2H2,(H,9,10). The summed E-state index contributed by atoms with van der Waals surface area (Å²) in [4.78, 5) is 10.3. The summed E-state index contributed by atoms with van der Waals surface area (Å²) in [7, 11) is 0. The van der Waals surface area contributed by atoms with Crippen LogP contribution in [0.2, 0.25) is 0 Å². The zero-order chi connectivity index (χ0) is 7.72. The summed E-state index contributed by atoms with van der Waals surface area (Å²) in [5, 5.41) is 8.50. The van der Waals surface area contributed by atoms with Crippen molar-refractivity contribution in [1.82, 2.24) is 0 Å². The van der Waals surface area contributed by atoms with Crippen LogP contribution in [0.1, 0.15) is 0 Å². The van der Waals surface area contributed by atoms with Crippen molar-refractivity contribution in [2.24, 2.45) is 5.92 Å². The first kappa shape index (κ1) is 7.89. The van der Waals surface area contributed by atoms with Gasteiger partial charge in [0.05, 0.1) is 0 Å². The fourth-order valence-corrected chi connectivity index (χ4v) is 1.59. The van der Waals surface area contributed by atoms with Crippen molar-refractivity contribution < 1.29 is 9.90 Å². The van der Waals surface area contributed by atoms with Crippen LogP contribution in [0.15, 0.2) is 11.1 Å². The number of rotatable bonds is 3. The van der Waals surface area contributed by atoms with E-state index in [9.17, 15) is 4.79 Å². The summed E-state index contributed by atoms with van der Waals surface area (Å²) < 4.78 is 0. The van der Waals surface area contributed by atoms with Crippen molar-refractivity contribution >= 4 is 29.2 Å². The molecule has 0 aromatic rings. The molecule has 0 saturated carbocycles. The van der Waals surface area contributed by atoms with Crippen LogP contribution in [0.4, 0.5) is 0 Å². The number of hydrogen-bond donors (Lipinski definition) is 1. The van der Waals surface area contributed by atoms with Gasteiger partial charge in [-0.2, -0.15) is 0 Å². The van der Waals surface area contributed by atoms with Crippen LogP contribution < -0.4 is 0 Å². The van der Waals surface area contributed by atoms with Gasteiger partial charge in [0, 0.05) is 11.8 Å². The summed E-state index contributed by atoms with van der Waals surface area (Å²) in [6, 6.07) is 0. The van der Waals surface area contributed by atoms with E-state index < -0.39 is 11.9 Å². The summed E-state index contributed by atoms with van der Waals surface area (Å²) in [6.45, 7) is 0. The largest absolute Gasteiger partial charge is 0.481 e. The monoisotopic (exact) mass is 180 g/mol. The first-order chi connectivity index (χ1) is 4.72. The molecule has 56 valence electrons. The third-order valence-corrected chi connectivity index (χ3v) is 2.14. The van der Waals surface area contributed by atoms with Crippen LogP contribution in [-0.2, 0) is 4.79 Å². The van der Waals surface area contributed by atoms with E-state index in [2.05, 4.69) is 0 Å². The highest BCUT2D eigenvalue weighted by atomic mass is 35.5. The van der Waals surface area contributed by atoms with Gasteiger partial charge in [0.1, 0.15) is 5.92 Å². The van der Waals surface area contributed by atoms with E-state index in [1.54, 1.807) is 0 Å². The van der Waals surface area contributed by atoms with Crippen LogP contribution in [-0.4, -0.2) is 22.8 Å². The van der Waals surface area contributed by atoms with Crippen molar-refractivity contribution in [3.05, 3.63) is 11.1 Å². The maximum Gasteiger partial charge on any atom is 0.314 e. The second-order valence-electron chi connectivity index (χ2n) is 2.09. The van der Waals surface area contributed by atoms with Crippen molar-refractivity contribution in [2.45, 2.75) is 0 Å². The molecule has 0 heterocycles. The molecule has 4 heteroatoms. The topological polar surface area (TPSA) is 37.3 Å². The predicted molar refractivity (Wildman–Crippen MR) is 39.6 cm³/mol. The average molecular weight is 181 g/mol. The molecule has 1 N–H and O–H groups in total.